The van der Waals surface area contributed by atoms with Gasteiger partial charge < -0.3 is 4.52 Å². The van der Waals surface area contributed by atoms with E-state index in [1.165, 1.54) is 0 Å². The highest BCUT2D eigenvalue weighted by molar-refractivity contribution is 4.70. The smallest absolute Gasteiger partial charge is 0.306 e. The van der Waals surface area contributed by atoms with Crippen molar-refractivity contribution in [1.29, 1.82) is 0 Å². The zero-order valence-corrected chi connectivity index (χ0v) is 2.81. The number of nitrogens with zero attached hydrogens (tertiary/aromatic N) is 1. The Kier molecular flexibility index (Phi) is 0.602. The minimum atomic E-state index is -0.699. The Labute approximate surface area is 33.6 Å². The summed E-state index contributed by atoms with van der Waals surface area (Å²) < 4.78 is 15.3. The first-order chi connectivity index (χ1) is 2.89. The number of aromatic nitrogens is 1. The van der Waals surface area contributed by atoms with Gasteiger partial charge in [0.05, 0.1) is 0 Å². The van der Waals surface area contributed by atoms with Crippen molar-refractivity contribution < 1.29 is 8.91 Å². The van der Waals surface area contributed by atoms with Gasteiger partial charge in [-0.1, -0.05) is 5.16 Å². The second kappa shape index (κ2) is 1.08. The molecule has 0 aliphatic rings. The molecule has 31 valence electrons. The molecule has 0 spiro atoms. The third-order valence-electron chi connectivity index (χ3n) is 0.364. The predicted molar refractivity (Wildman–Crippen MR) is 15.3 cm³/mol. The highest BCUT2D eigenvalue weighted by atomic mass is 19.1. The Bertz CT molecular complexity index is 114. The molecule has 2 nitrogen and oxygen atoms in total. The van der Waals surface area contributed by atoms with Gasteiger partial charge in [-0.2, -0.15) is 4.39 Å². The molecular weight excluding hydrogens is 85.0 g/mol. The van der Waals surface area contributed by atoms with Crippen LogP contribution in [0.4, 0.5) is 4.39 Å². The van der Waals surface area contributed by atoms with E-state index in [0.29, 0.717) is 0 Å². The van der Waals surface area contributed by atoms with E-state index in [4.69, 9.17) is 0 Å². The zero-order valence-electron chi connectivity index (χ0n) is 2.81. The Morgan fingerprint density at radius 2 is 2.83 bits per heavy atom. The van der Waals surface area contributed by atoms with Crippen LogP contribution in [0.15, 0.2) is 10.6 Å². The third kappa shape index (κ3) is 0.381. The van der Waals surface area contributed by atoms with E-state index in [0.717, 1.165) is 6.07 Å². The van der Waals surface area contributed by atoms with E-state index in [2.05, 4.69) is 15.9 Å². The molecule has 0 saturated carbocycles. The van der Waals surface area contributed by atoms with Crippen LogP contribution < -0.4 is 0 Å². The summed E-state index contributed by atoms with van der Waals surface area (Å²) in [6.45, 7) is 0. The second-order valence-electron chi connectivity index (χ2n) is 0.760. The first-order valence-corrected chi connectivity index (χ1v) is 1.38. The number of hydrogen-bond donors (Lipinski definition) is 0. The maximum Gasteiger partial charge on any atom is 0.306 e. The fourth-order valence-corrected chi connectivity index (χ4v) is 0.173. The van der Waals surface area contributed by atoms with Gasteiger partial charge in [0.2, 0.25) is 0 Å². The van der Waals surface area contributed by atoms with Gasteiger partial charge in [0.1, 0.15) is 6.20 Å². The number of halogens is 1. The van der Waals surface area contributed by atoms with E-state index >= 15 is 0 Å². The lowest BCUT2D eigenvalue weighted by atomic mass is 10.8. The van der Waals surface area contributed by atoms with Gasteiger partial charge in [0.15, 0.2) is 0 Å². The molecule has 0 fully saturated rings. The van der Waals surface area contributed by atoms with Crippen molar-refractivity contribution in [2.45, 2.75) is 0 Å². The highest BCUT2D eigenvalue weighted by Crippen LogP contribution is 1.87. The average Bonchev–Trinajstić information content (AvgIpc) is 1.86. The third-order valence-corrected chi connectivity index (χ3v) is 0.364. The largest absolute Gasteiger partial charge is 0.325 e. The molecule has 0 amide bonds. The summed E-state index contributed by atoms with van der Waals surface area (Å²) in [6.07, 6.45) is 2.14. The molecule has 1 radical (unpaired) electrons. The van der Waals surface area contributed by atoms with Gasteiger partial charge in [-0.3, -0.25) is 0 Å². The van der Waals surface area contributed by atoms with Gasteiger partial charge in [-0.25, -0.2) is 0 Å². The molecule has 0 bridgehead atoms. The highest BCUT2D eigenvalue weighted by Gasteiger charge is 1.85. The molecule has 1 rings (SSSR count). The molecule has 1 heterocycles. The van der Waals surface area contributed by atoms with Crippen molar-refractivity contribution in [2.75, 3.05) is 0 Å². The summed E-state index contributed by atoms with van der Waals surface area (Å²) >= 11 is 0. The Morgan fingerprint density at radius 3 is 3.00 bits per heavy atom. The summed E-state index contributed by atoms with van der Waals surface area (Å²) in [5.41, 5.74) is 0. The van der Waals surface area contributed by atoms with Crippen LogP contribution in [0.2, 0.25) is 0 Å². The predicted octanol–water partition coefficient (Wildman–Crippen LogP) is 0.614. The summed E-state index contributed by atoms with van der Waals surface area (Å²) in [4.78, 5) is 0. The minimum absolute atomic E-state index is 0.699. The Morgan fingerprint density at radius 1 is 2.00 bits per heavy atom. The van der Waals surface area contributed by atoms with Gasteiger partial charge in [-0.15, -0.1) is 0 Å². The van der Waals surface area contributed by atoms with Crippen molar-refractivity contribution in [1.82, 2.24) is 5.16 Å². The molecule has 0 atom stereocenters. The first kappa shape index (κ1) is 3.33. The second-order valence-corrected chi connectivity index (χ2v) is 0.760. The van der Waals surface area contributed by atoms with Crippen LogP contribution in [0.25, 0.3) is 0 Å². The normalized spacial score (nSPS) is 8.83. The van der Waals surface area contributed by atoms with Crippen molar-refractivity contribution in [3.63, 3.8) is 0 Å². The quantitative estimate of drug-likeness (QED) is 0.462. The fraction of sp³-hybridized carbons (Fsp3) is 0. The van der Waals surface area contributed by atoms with Crippen molar-refractivity contribution in [2.24, 2.45) is 0 Å². The molecule has 0 saturated heterocycles. The van der Waals surface area contributed by atoms with Crippen LogP contribution >= 0.6 is 0 Å². The van der Waals surface area contributed by atoms with Crippen LogP contribution in [-0.4, -0.2) is 5.16 Å². The summed E-state index contributed by atoms with van der Waals surface area (Å²) in [7, 11) is 0. The van der Waals surface area contributed by atoms with Gasteiger partial charge >= 0.3 is 6.01 Å². The molecule has 6 heavy (non-hydrogen) atoms. The SMILES string of the molecule is Fc1c[c]no1. The maximum absolute atomic E-state index is 11.4. The molecule has 0 aliphatic heterocycles. The summed E-state index contributed by atoms with van der Waals surface area (Å²) in [5, 5.41) is 2.95. The van der Waals surface area contributed by atoms with Crippen molar-refractivity contribution in [3.05, 3.63) is 18.3 Å². The van der Waals surface area contributed by atoms with Gasteiger partial charge in [0, 0.05) is 6.07 Å². The monoisotopic (exact) mass is 86.0 g/mol. The van der Waals surface area contributed by atoms with E-state index < -0.39 is 6.01 Å². The van der Waals surface area contributed by atoms with Gasteiger partial charge in [0.25, 0.3) is 0 Å². The van der Waals surface area contributed by atoms with Crippen molar-refractivity contribution in [3.8, 4) is 0 Å². The lowest BCUT2D eigenvalue weighted by molar-refractivity contribution is 0.281. The molecule has 1 aromatic heterocycles. The molecule has 0 aliphatic carbocycles. The van der Waals surface area contributed by atoms with Crippen molar-refractivity contribution >= 4 is 0 Å². The number of hydrogen-bond acceptors (Lipinski definition) is 2. The standard InChI is InChI=1S/C3HFNO/c4-3-1-2-5-6-3/h1H. The summed E-state index contributed by atoms with van der Waals surface area (Å²) in [5.74, 6) is 0. The lowest BCUT2D eigenvalue weighted by Crippen LogP contribution is -1.51. The minimum Gasteiger partial charge on any atom is -0.325 e. The Hall–Kier alpha value is -0.860. The van der Waals surface area contributed by atoms with Crippen LogP contribution in [0, 0.1) is 12.2 Å². The molecule has 3 heteroatoms. The van der Waals surface area contributed by atoms with Crippen LogP contribution in [0.5, 0.6) is 0 Å². The van der Waals surface area contributed by atoms with E-state index in [1.807, 2.05) is 0 Å². The first-order valence-electron chi connectivity index (χ1n) is 1.38. The van der Waals surface area contributed by atoms with Gasteiger partial charge in [-0.05, 0) is 0 Å². The van der Waals surface area contributed by atoms with E-state index in [-0.39, 0.29) is 0 Å². The maximum atomic E-state index is 11.4. The molecular formula is C3HFNO. The van der Waals surface area contributed by atoms with Crippen LogP contribution in [0.1, 0.15) is 0 Å². The van der Waals surface area contributed by atoms with Crippen LogP contribution in [0.3, 0.4) is 0 Å². The average molecular weight is 86.0 g/mol. The van der Waals surface area contributed by atoms with Crippen LogP contribution in [-0.2, 0) is 0 Å². The zero-order chi connectivity index (χ0) is 4.41. The topological polar surface area (TPSA) is 26.0 Å². The molecule has 0 N–H and O–H groups in total. The fourth-order valence-electron chi connectivity index (χ4n) is 0.173. The molecule has 1 aromatic rings. The van der Waals surface area contributed by atoms with E-state index in [1.54, 1.807) is 0 Å². The molecule has 0 aromatic carbocycles. The Balaban J connectivity index is 3.05. The molecule has 0 unspecified atom stereocenters. The van der Waals surface area contributed by atoms with E-state index in [9.17, 15) is 4.39 Å². The lowest BCUT2D eigenvalue weighted by Gasteiger charge is -1.60. The summed E-state index contributed by atoms with van der Waals surface area (Å²) in [6, 6.07) is 0.315. The number of rotatable bonds is 0.